The van der Waals surface area contributed by atoms with Gasteiger partial charge in [0.1, 0.15) is 5.82 Å². The number of ether oxygens (including phenoxy) is 2. The molecule has 1 saturated heterocycles. The predicted molar refractivity (Wildman–Crippen MR) is 103 cm³/mol. The van der Waals surface area contributed by atoms with Crippen LogP contribution < -0.4 is 19.7 Å². The summed E-state index contributed by atoms with van der Waals surface area (Å²) in [5.41, 5.74) is 0.905. The number of benzene rings is 1. The number of carbonyl (C=O) groups excluding carboxylic acids is 1. The number of hydrogen-bond donors (Lipinski definition) is 1. The van der Waals surface area contributed by atoms with Crippen LogP contribution in [0.2, 0.25) is 0 Å². The molecule has 1 N–H and O–H groups in total. The van der Waals surface area contributed by atoms with Crippen molar-refractivity contribution >= 4 is 11.7 Å². The number of carbonyl (C=O) groups is 1. The highest BCUT2D eigenvalue weighted by molar-refractivity contribution is 5.78. The molecule has 7 nitrogen and oxygen atoms in total. The zero-order chi connectivity index (χ0) is 19.1. The van der Waals surface area contributed by atoms with Crippen LogP contribution in [-0.4, -0.2) is 49.7 Å². The van der Waals surface area contributed by atoms with Gasteiger partial charge in [-0.15, -0.1) is 0 Å². The Morgan fingerprint density at radius 1 is 1.19 bits per heavy atom. The molecule has 1 aromatic heterocycles. The highest BCUT2D eigenvalue weighted by atomic mass is 16.5. The normalized spacial score (nSPS) is 14.7. The lowest BCUT2D eigenvalue weighted by atomic mass is 9.96. The zero-order valence-corrected chi connectivity index (χ0v) is 15.9. The fourth-order valence-corrected chi connectivity index (χ4v) is 3.32. The molecule has 1 amide bonds. The van der Waals surface area contributed by atoms with Gasteiger partial charge in [0.15, 0.2) is 11.5 Å². The van der Waals surface area contributed by atoms with Crippen LogP contribution in [0.1, 0.15) is 18.4 Å². The lowest BCUT2D eigenvalue weighted by Crippen LogP contribution is -2.39. The summed E-state index contributed by atoms with van der Waals surface area (Å²) in [6, 6.07) is 5.56. The molecule has 3 rings (SSSR count). The summed E-state index contributed by atoms with van der Waals surface area (Å²) in [4.78, 5) is 23.0. The van der Waals surface area contributed by atoms with E-state index in [1.807, 2.05) is 18.2 Å². The van der Waals surface area contributed by atoms with Gasteiger partial charge in [0.05, 0.1) is 26.8 Å². The van der Waals surface area contributed by atoms with E-state index in [0.29, 0.717) is 30.4 Å². The van der Waals surface area contributed by atoms with Gasteiger partial charge >= 0.3 is 0 Å². The zero-order valence-electron chi connectivity index (χ0n) is 15.9. The topological polar surface area (TPSA) is 76.6 Å². The third-order valence-electron chi connectivity index (χ3n) is 4.89. The van der Waals surface area contributed by atoms with Gasteiger partial charge < -0.3 is 19.7 Å². The molecule has 0 unspecified atom stereocenters. The maximum absolute atomic E-state index is 12.3. The molecule has 0 saturated carbocycles. The van der Waals surface area contributed by atoms with Crippen LogP contribution in [0.5, 0.6) is 11.5 Å². The molecular formula is C20H26N4O3. The van der Waals surface area contributed by atoms with Crippen LogP contribution >= 0.6 is 0 Å². The van der Waals surface area contributed by atoms with Crippen LogP contribution in [0.3, 0.4) is 0 Å². The molecule has 0 spiro atoms. The number of amides is 1. The predicted octanol–water partition coefficient (Wildman–Crippen LogP) is 2.07. The Bertz CT molecular complexity index is 746. The summed E-state index contributed by atoms with van der Waals surface area (Å²) in [6.07, 6.45) is 7.60. The molecule has 144 valence electrons. The molecule has 2 aromatic rings. The molecule has 1 aliphatic heterocycles. The Morgan fingerprint density at radius 2 is 1.96 bits per heavy atom. The van der Waals surface area contributed by atoms with E-state index in [0.717, 1.165) is 37.3 Å². The summed E-state index contributed by atoms with van der Waals surface area (Å²) in [6.45, 7) is 2.59. The largest absolute Gasteiger partial charge is 0.493 e. The molecule has 27 heavy (non-hydrogen) atoms. The number of piperidine rings is 1. The fraction of sp³-hybridized carbons (Fsp3) is 0.450. The van der Waals surface area contributed by atoms with Crippen molar-refractivity contribution in [2.75, 3.05) is 38.8 Å². The SMILES string of the molecule is COc1ccc(CC(=O)NCC2CCN(c3cnccn3)CC2)cc1OC. The molecule has 0 atom stereocenters. The van der Waals surface area contributed by atoms with Crippen molar-refractivity contribution in [3.8, 4) is 11.5 Å². The van der Waals surface area contributed by atoms with Gasteiger partial charge in [-0.05, 0) is 36.5 Å². The summed E-state index contributed by atoms with van der Waals surface area (Å²) in [7, 11) is 3.19. The van der Waals surface area contributed by atoms with E-state index < -0.39 is 0 Å². The molecule has 1 aromatic carbocycles. The Labute approximate surface area is 159 Å². The van der Waals surface area contributed by atoms with Crippen LogP contribution in [0.25, 0.3) is 0 Å². The monoisotopic (exact) mass is 370 g/mol. The van der Waals surface area contributed by atoms with Crippen LogP contribution in [0.15, 0.2) is 36.8 Å². The van der Waals surface area contributed by atoms with Crippen molar-refractivity contribution in [1.82, 2.24) is 15.3 Å². The van der Waals surface area contributed by atoms with E-state index >= 15 is 0 Å². The van der Waals surface area contributed by atoms with Gasteiger partial charge in [0, 0.05) is 32.0 Å². The van der Waals surface area contributed by atoms with Gasteiger partial charge in [-0.25, -0.2) is 4.98 Å². The maximum Gasteiger partial charge on any atom is 0.224 e. The summed E-state index contributed by atoms with van der Waals surface area (Å²) >= 11 is 0. The molecule has 0 bridgehead atoms. The first kappa shape index (κ1) is 18.9. The smallest absolute Gasteiger partial charge is 0.224 e. The van der Waals surface area contributed by atoms with Crippen molar-refractivity contribution < 1.29 is 14.3 Å². The van der Waals surface area contributed by atoms with Crippen LogP contribution in [-0.2, 0) is 11.2 Å². The molecular weight excluding hydrogens is 344 g/mol. The van der Waals surface area contributed by atoms with E-state index in [1.165, 1.54) is 0 Å². The van der Waals surface area contributed by atoms with E-state index in [4.69, 9.17) is 9.47 Å². The third-order valence-corrected chi connectivity index (χ3v) is 4.89. The molecule has 0 aliphatic carbocycles. The van der Waals surface area contributed by atoms with Crippen molar-refractivity contribution in [1.29, 1.82) is 0 Å². The van der Waals surface area contributed by atoms with Gasteiger partial charge in [0.2, 0.25) is 5.91 Å². The number of aromatic nitrogens is 2. The number of hydrogen-bond acceptors (Lipinski definition) is 6. The first-order valence-corrected chi connectivity index (χ1v) is 9.18. The Morgan fingerprint density at radius 3 is 2.63 bits per heavy atom. The second kappa shape index (κ2) is 9.21. The number of nitrogens with one attached hydrogen (secondary N) is 1. The summed E-state index contributed by atoms with van der Waals surface area (Å²) < 4.78 is 10.5. The van der Waals surface area contributed by atoms with E-state index in [9.17, 15) is 4.79 Å². The molecule has 1 fully saturated rings. The van der Waals surface area contributed by atoms with Gasteiger partial charge in [-0.3, -0.25) is 9.78 Å². The van der Waals surface area contributed by atoms with E-state index in [-0.39, 0.29) is 5.91 Å². The molecule has 7 heteroatoms. The standard InChI is InChI=1S/C20H26N4O3/c1-26-17-4-3-16(11-18(17)27-2)12-20(25)23-13-15-5-9-24(10-6-15)19-14-21-7-8-22-19/h3-4,7-8,11,14-15H,5-6,9-10,12-13H2,1-2H3,(H,23,25). The van der Waals surface area contributed by atoms with Gasteiger partial charge in [-0.1, -0.05) is 6.07 Å². The molecule has 0 radical (unpaired) electrons. The quantitative estimate of drug-likeness (QED) is 0.804. The summed E-state index contributed by atoms with van der Waals surface area (Å²) in [5.74, 6) is 2.75. The van der Waals surface area contributed by atoms with Crippen molar-refractivity contribution in [3.63, 3.8) is 0 Å². The minimum absolute atomic E-state index is 0.0265. The number of methoxy groups -OCH3 is 2. The molecule has 2 heterocycles. The average Bonchev–Trinajstić information content (AvgIpc) is 2.73. The van der Waals surface area contributed by atoms with Crippen molar-refractivity contribution in [2.24, 2.45) is 5.92 Å². The highest BCUT2D eigenvalue weighted by Crippen LogP contribution is 2.27. The Hall–Kier alpha value is -2.83. The minimum atomic E-state index is 0.0265. The van der Waals surface area contributed by atoms with Gasteiger partial charge in [0.25, 0.3) is 0 Å². The third kappa shape index (κ3) is 5.09. The lowest BCUT2D eigenvalue weighted by Gasteiger charge is -2.32. The van der Waals surface area contributed by atoms with Gasteiger partial charge in [-0.2, -0.15) is 0 Å². The first-order valence-electron chi connectivity index (χ1n) is 9.18. The lowest BCUT2D eigenvalue weighted by molar-refractivity contribution is -0.120. The maximum atomic E-state index is 12.3. The second-order valence-corrected chi connectivity index (χ2v) is 6.66. The average molecular weight is 370 g/mol. The van der Waals surface area contributed by atoms with E-state index in [2.05, 4.69) is 20.2 Å². The number of rotatable bonds is 7. The minimum Gasteiger partial charge on any atom is -0.493 e. The Balaban J connectivity index is 1.44. The van der Waals surface area contributed by atoms with Crippen molar-refractivity contribution in [2.45, 2.75) is 19.3 Å². The first-order chi connectivity index (χ1) is 13.2. The molecule has 1 aliphatic rings. The van der Waals surface area contributed by atoms with Crippen molar-refractivity contribution in [3.05, 3.63) is 42.4 Å². The second-order valence-electron chi connectivity index (χ2n) is 6.66. The highest BCUT2D eigenvalue weighted by Gasteiger charge is 2.20. The number of anilines is 1. The van der Waals surface area contributed by atoms with Crippen LogP contribution in [0.4, 0.5) is 5.82 Å². The Kier molecular flexibility index (Phi) is 6.46. The van der Waals surface area contributed by atoms with E-state index in [1.54, 1.807) is 32.8 Å². The van der Waals surface area contributed by atoms with Crippen LogP contribution in [0, 0.1) is 5.92 Å². The fourth-order valence-electron chi connectivity index (χ4n) is 3.32. The number of nitrogens with zero attached hydrogens (tertiary/aromatic N) is 3. The summed E-state index contributed by atoms with van der Waals surface area (Å²) in [5, 5.41) is 3.06.